The lowest BCUT2D eigenvalue weighted by atomic mass is 9.97. The van der Waals surface area contributed by atoms with Crippen molar-refractivity contribution in [2.75, 3.05) is 44.3 Å². The molecule has 1 N–H and O–H groups in total. The monoisotopic (exact) mass is 334 g/mol. The highest BCUT2D eigenvalue weighted by Crippen LogP contribution is 2.26. The highest BCUT2D eigenvalue weighted by atomic mass is 32.2. The Kier molecular flexibility index (Phi) is 6.22. The number of fused-ring (bicyclic) bond motifs is 1. The topological polar surface area (TPSA) is 41.6 Å². The van der Waals surface area contributed by atoms with Crippen LogP contribution in [0.5, 0.6) is 5.75 Å². The number of thioether (sulfide) groups is 1. The summed E-state index contributed by atoms with van der Waals surface area (Å²) in [7, 11) is 0. The van der Waals surface area contributed by atoms with Crippen LogP contribution in [0.25, 0.3) is 0 Å². The molecule has 0 aromatic heterocycles. The fraction of sp³-hybridized carbons (Fsp3) is 0.611. The maximum atomic E-state index is 11.9. The molecular weight excluding hydrogens is 308 g/mol. The van der Waals surface area contributed by atoms with Gasteiger partial charge in [0.15, 0.2) is 0 Å². The SMILES string of the molecule is O=C(CSCCN1CCCC1)NC[C@H]1COc2ccccc2C1. The van der Waals surface area contributed by atoms with Crippen LogP contribution in [0.4, 0.5) is 0 Å². The van der Waals surface area contributed by atoms with Gasteiger partial charge in [0.1, 0.15) is 5.75 Å². The molecule has 2 aliphatic heterocycles. The molecule has 2 aliphatic rings. The predicted octanol–water partition coefficient (Wildman–Crippen LogP) is 2.18. The number of likely N-dealkylation sites (tertiary alicyclic amines) is 1. The van der Waals surface area contributed by atoms with Crippen LogP contribution in [0.15, 0.2) is 24.3 Å². The van der Waals surface area contributed by atoms with Gasteiger partial charge >= 0.3 is 0 Å². The van der Waals surface area contributed by atoms with Gasteiger partial charge in [-0.05, 0) is 44.0 Å². The minimum Gasteiger partial charge on any atom is -0.493 e. The lowest BCUT2D eigenvalue weighted by Crippen LogP contribution is -2.35. The molecule has 0 unspecified atom stereocenters. The Hall–Kier alpha value is -1.20. The average Bonchev–Trinajstić information content (AvgIpc) is 3.10. The third-order valence-electron chi connectivity index (χ3n) is 4.53. The van der Waals surface area contributed by atoms with E-state index in [2.05, 4.69) is 16.3 Å². The van der Waals surface area contributed by atoms with E-state index in [9.17, 15) is 4.79 Å². The summed E-state index contributed by atoms with van der Waals surface area (Å²) in [6.07, 6.45) is 3.65. The highest BCUT2D eigenvalue weighted by molar-refractivity contribution is 7.99. The van der Waals surface area contributed by atoms with Gasteiger partial charge in [0.2, 0.25) is 5.91 Å². The Labute approximate surface area is 143 Å². The summed E-state index contributed by atoms with van der Waals surface area (Å²) < 4.78 is 5.76. The molecule has 23 heavy (non-hydrogen) atoms. The molecule has 1 amide bonds. The Balaban J connectivity index is 1.29. The standard InChI is InChI=1S/C18H26N2O2S/c21-18(14-23-10-9-20-7-3-4-8-20)19-12-15-11-16-5-1-2-6-17(16)22-13-15/h1-2,5-6,15H,3-4,7-14H2,(H,19,21)/t15-/m0/s1. The van der Waals surface area contributed by atoms with E-state index >= 15 is 0 Å². The number of carbonyl (C=O) groups is 1. The van der Waals surface area contributed by atoms with E-state index in [1.54, 1.807) is 11.8 Å². The highest BCUT2D eigenvalue weighted by Gasteiger charge is 2.20. The van der Waals surface area contributed by atoms with Gasteiger partial charge in [-0.15, -0.1) is 0 Å². The van der Waals surface area contributed by atoms with E-state index in [1.165, 1.54) is 31.5 Å². The molecule has 0 spiro atoms. The fourth-order valence-electron chi connectivity index (χ4n) is 3.20. The Bertz CT molecular complexity index is 517. The largest absolute Gasteiger partial charge is 0.493 e. The van der Waals surface area contributed by atoms with Crippen LogP contribution in [0.2, 0.25) is 0 Å². The lowest BCUT2D eigenvalue weighted by Gasteiger charge is -2.25. The normalized spacial score (nSPS) is 20.8. The van der Waals surface area contributed by atoms with Crippen LogP contribution >= 0.6 is 11.8 Å². The van der Waals surface area contributed by atoms with Crippen molar-refractivity contribution in [3.8, 4) is 5.75 Å². The number of amides is 1. The third-order valence-corrected chi connectivity index (χ3v) is 5.46. The van der Waals surface area contributed by atoms with Crippen LogP contribution in [-0.4, -0.2) is 55.1 Å². The van der Waals surface area contributed by atoms with Gasteiger partial charge in [-0.3, -0.25) is 4.79 Å². The smallest absolute Gasteiger partial charge is 0.230 e. The summed E-state index contributed by atoms with van der Waals surface area (Å²) in [6.45, 7) is 4.98. The van der Waals surface area contributed by atoms with E-state index < -0.39 is 0 Å². The maximum Gasteiger partial charge on any atom is 0.230 e. The number of para-hydroxylation sites is 1. The van der Waals surface area contributed by atoms with Crippen LogP contribution in [0.3, 0.4) is 0 Å². The van der Waals surface area contributed by atoms with Crippen molar-refractivity contribution < 1.29 is 9.53 Å². The molecule has 2 heterocycles. The number of ether oxygens (including phenoxy) is 1. The van der Waals surface area contributed by atoms with Gasteiger partial charge in [-0.25, -0.2) is 0 Å². The van der Waals surface area contributed by atoms with E-state index in [0.717, 1.165) is 24.5 Å². The summed E-state index contributed by atoms with van der Waals surface area (Å²) in [6, 6.07) is 8.17. The van der Waals surface area contributed by atoms with Gasteiger partial charge in [-0.1, -0.05) is 18.2 Å². The first kappa shape index (κ1) is 16.7. The minimum absolute atomic E-state index is 0.148. The Morgan fingerprint density at radius 1 is 1.30 bits per heavy atom. The number of rotatable bonds is 7. The molecule has 1 fully saturated rings. The van der Waals surface area contributed by atoms with Crippen LogP contribution < -0.4 is 10.1 Å². The van der Waals surface area contributed by atoms with Crippen molar-refractivity contribution in [3.05, 3.63) is 29.8 Å². The van der Waals surface area contributed by atoms with Crippen LogP contribution in [-0.2, 0) is 11.2 Å². The molecule has 3 rings (SSSR count). The predicted molar refractivity (Wildman–Crippen MR) is 95.1 cm³/mol. The van der Waals surface area contributed by atoms with Crippen molar-refractivity contribution in [2.24, 2.45) is 5.92 Å². The maximum absolute atomic E-state index is 11.9. The Morgan fingerprint density at radius 2 is 2.13 bits per heavy atom. The number of hydrogen-bond donors (Lipinski definition) is 1. The molecule has 1 aromatic carbocycles. The van der Waals surface area contributed by atoms with E-state index in [0.29, 0.717) is 24.8 Å². The molecule has 4 nitrogen and oxygen atoms in total. The third kappa shape index (κ3) is 5.15. The number of carbonyl (C=O) groups excluding carboxylic acids is 1. The van der Waals surface area contributed by atoms with Crippen molar-refractivity contribution in [1.29, 1.82) is 0 Å². The Morgan fingerprint density at radius 3 is 3.00 bits per heavy atom. The molecule has 0 aliphatic carbocycles. The molecule has 5 heteroatoms. The minimum atomic E-state index is 0.148. The van der Waals surface area contributed by atoms with Crippen molar-refractivity contribution in [2.45, 2.75) is 19.3 Å². The molecule has 1 saturated heterocycles. The van der Waals surface area contributed by atoms with E-state index in [-0.39, 0.29) is 5.91 Å². The first-order valence-electron chi connectivity index (χ1n) is 8.59. The van der Waals surface area contributed by atoms with Gasteiger partial charge < -0.3 is 15.0 Å². The van der Waals surface area contributed by atoms with Crippen LogP contribution in [0, 0.1) is 5.92 Å². The second-order valence-electron chi connectivity index (χ2n) is 6.39. The van der Waals surface area contributed by atoms with Crippen molar-refractivity contribution in [1.82, 2.24) is 10.2 Å². The first-order valence-corrected chi connectivity index (χ1v) is 9.74. The second-order valence-corrected chi connectivity index (χ2v) is 7.50. The molecule has 1 aromatic rings. The zero-order chi connectivity index (χ0) is 15.9. The first-order chi connectivity index (χ1) is 11.3. The van der Waals surface area contributed by atoms with Gasteiger partial charge in [-0.2, -0.15) is 11.8 Å². The molecule has 0 bridgehead atoms. The zero-order valence-electron chi connectivity index (χ0n) is 13.6. The second kappa shape index (κ2) is 8.60. The van der Waals surface area contributed by atoms with E-state index in [4.69, 9.17) is 4.74 Å². The van der Waals surface area contributed by atoms with Crippen molar-refractivity contribution >= 4 is 17.7 Å². The molecule has 0 saturated carbocycles. The summed E-state index contributed by atoms with van der Waals surface area (Å²) in [5.41, 5.74) is 1.25. The summed E-state index contributed by atoms with van der Waals surface area (Å²) in [5, 5.41) is 3.06. The average molecular weight is 334 g/mol. The lowest BCUT2D eigenvalue weighted by molar-refractivity contribution is -0.118. The molecule has 0 radical (unpaired) electrons. The number of benzene rings is 1. The number of nitrogens with zero attached hydrogens (tertiary/aromatic N) is 1. The van der Waals surface area contributed by atoms with Gasteiger partial charge in [0.05, 0.1) is 12.4 Å². The zero-order valence-corrected chi connectivity index (χ0v) is 14.4. The number of nitrogens with one attached hydrogen (secondary N) is 1. The molecule has 126 valence electrons. The molecule has 1 atom stereocenters. The molecular formula is C18H26N2O2S. The van der Waals surface area contributed by atoms with E-state index in [1.807, 2.05) is 18.2 Å². The quantitative estimate of drug-likeness (QED) is 0.776. The summed E-state index contributed by atoms with van der Waals surface area (Å²) in [5.74, 6) is 3.14. The van der Waals surface area contributed by atoms with Gasteiger partial charge in [0.25, 0.3) is 0 Å². The summed E-state index contributed by atoms with van der Waals surface area (Å²) in [4.78, 5) is 14.4. The van der Waals surface area contributed by atoms with Crippen LogP contribution in [0.1, 0.15) is 18.4 Å². The van der Waals surface area contributed by atoms with Crippen molar-refractivity contribution in [3.63, 3.8) is 0 Å². The fourth-order valence-corrected chi connectivity index (χ4v) is 4.01. The van der Waals surface area contributed by atoms with Gasteiger partial charge in [0, 0.05) is 24.8 Å². The number of hydrogen-bond acceptors (Lipinski definition) is 4. The summed E-state index contributed by atoms with van der Waals surface area (Å²) >= 11 is 1.74.